The van der Waals surface area contributed by atoms with E-state index in [2.05, 4.69) is 10.6 Å². The van der Waals surface area contributed by atoms with Gasteiger partial charge in [0.2, 0.25) is 5.91 Å². The van der Waals surface area contributed by atoms with Crippen LogP contribution in [-0.4, -0.2) is 29.8 Å². The van der Waals surface area contributed by atoms with Gasteiger partial charge >= 0.3 is 5.97 Å². The van der Waals surface area contributed by atoms with Gasteiger partial charge in [0.25, 0.3) is 11.6 Å². The minimum absolute atomic E-state index is 0.0282. The summed E-state index contributed by atoms with van der Waals surface area (Å²) in [5.74, 6) is -1.01. The summed E-state index contributed by atoms with van der Waals surface area (Å²) >= 11 is 1.46. The van der Waals surface area contributed by atoms with Gasteiger partial charge in [-0.1, -0.05) is 12.1 Å². The normalized spacial score (nSPS) is 19.3. The predicted molar refractivity (Wildman–Crippen MR) is 131 cm³/mol. The highest BCUT2D eigenvalue weighted by Crippen LogP contribution is 2.39. The van der Waals surface area contributed by atoms with Crippen molar-refractivity contribution in [3.05, 3.63) is 55.9 Å². The van der Waals surface area contributed by atoms with Crippen molar-refractivity contribution in [1.82, 2.24) is 5.32 Å². The van der Waals surface area contributed by atoms with Crippen molar-refractivity contribution in [1.29, 1.82) is 0 Å². The van der Waals surface area contributed by atoms with E-state index in [0.717, 1.165) is 36.1 Å². The summed E-state index contributed by atoms with van der Waals surface area (Å²) in [6.07, 6.45) is 6.13. The molecule has 1 heterocycles. The van der Waals surface area contributed by atoms with Crippen molar-refractivity contribution in [2.45, 2.75) is 57.9 Å². The van der Waals surface area contributed by atoms with Gasteiger partial charge in [-0.05, 0) is 62.5 Å². The van der Waals surface area contributed by atoms with Crippen LogP contribution in [-0.2, 0) is 33.7 Å². The second-order valence-corrected chi connectivity index (χ2v) is 10.2. The summed E-state index contributed by atoms with van der Waals surface area (Å²) < 4.78 is 4.83. The molecular formula is C25H29N3O6S. The third kappa shape index (κ3) is 5.70. The molecule has 0 unspecified atom stereocenters. The van der Waals surface area contributed by atoms with Crippen LogP contribution >= 0.6 is 11.3 Å². The third-order valence-corrected chi connectivity index (χ3v) is 8.05. The van der Waals surface area contributed by atoms with E-state index in [0.29, 0.717) is 41.8 Å². The number of fused-ring (bicyclic) bond motifs is 1. The van der Waals surface area contributed by atoms with E-state index in [1.807, 2.05) is 0 Å². The van der Waals surface area contributed by atoms with Crippen molar-refractivity contribution in [2.24, 2.45) is 11.8 Å². The lowest BCUT2D eigenvalue weighted by Crippen LogP contribution is -2.31. The average Bonchev–Trinajstić information content (AvgIpc) is 3.24. The Bertz CT molecular complexity index is 1140. The number of hydrogen-bond donors (Lipinski definition) is 2. The van der Waals surface area contributed by atoms with Crippen LogP contribution in [0.5, 0.6) is 0 Å². The van der Waals surface area contributed by atoms with Crippen molar-refractivity contribution >= 4 is 39.8 Å². The van der Waals surface area contributed by atoms with E-state index < -0.39 is 4.92 Å². The number of carbonyl (C=O) groups is 3. The Balaban J connectivity index is 1.47. The number of thiophene rings is 1. The molecule has 0 aliphatic heterocycles. The maximum Gasteiger partial charge on any atom is 0.308 e. The minimum atomic E-state index is -0.465. The molecule has 2 aromatic rings. The largest absolute Gasteiger partial charge is 0.469 e. The lowest BCUT2D eigenvalue weighted by molar-refractivity contribution is -0.384. The summed E-state index contributed by atoms with van der Waals surface area (Å²) in [6, 6.07) is 6.17. The summed E-state index contributed by atoms with van der Waals surface area (Å²) in [4.78, 5) is 49.8. The number of esters is 1. The number of carbonyl (C=O) groups excluding carboxylic acids is 3. The molecular weight excluding hydrogens is 470 g/mol. The number of amides is 2. The van der Waals surface area contributed by atoms with Crippen LogP contribution in [0.3, 0.4) is 0 Å². The van der Waals surface area contributed by atoms with Gasteiger partial charge in [0, 0.05) is 29.5 Å². The standard InChI is InChI=1S/C25H29N3O6S/c1-34-25(31)17-11-9-16(10-12-17)22(29)27-24-21(19-7-2-3-8-20(19)35-24)23(30)26-14-15-5-4-6-18(13-15)28(32)33/h4-6,13,16-17H,2-3,7-12,14H2,1H3,(H,26,30)(H,27,29). The first-order valence-electron chi connectivity index (χ1n) is 11.9. The van der Waals surface area contributed by atoms with Crippen molar-refractivity contribution in [3.63, 3.8) is 0 Å². The van der Waals surface area contributed by atoms with Gasteiger partial charge in [0.1, 0.15) is 5.00 Å². The van der Waals surface area contributed by atoms with E-state index in [4.69, 9.17) is 4.74 Å². The molecule has 0 spiro atoms. The number of aryl methyl sites for hydroxylation is 1. The van der Waals surface area contributed by atoms with Gasteiger partial charge in [-0.3, -0.25) is 24.5 Å². The third-order valence-electron chi connectivity index (χ3n) is 6.84. The molecule has 10 heteroatoms. The Morgan fingerprint density at radius 3 is 2.54 bits per heavy atom. The molecule has 1 saturated carbocycles. The second-order valence-electron chi connectivity index (χ2n) is 9.09. The Morgan fingerprint density at radius 2 is 1.83 bits per heavy atom. The number of anilines is 1. The van der Waals surface area contributed by atoms with Crippen LogP contribution in [0.1, 0.15) is 64.9 Å². The Kier molecular flexibility index (Phi) is 7.80. The van der Waals surface area contributed by atoms with Crippen molar-refractivity contribution < 1.29 is 24.0 Å². The molecule has 0 bridgehead atoms. The van der Waals surface area contributed by atoms with E-state index in [1.54, 1.807) is 12.1 Å². The summed E-state index contributed by atoms with van der Waals surface area (Å²) in [5, 5.41) is 17.5. The lowest BCUT2D eigenvalue weighted by Gasteiger charge is -2.26. The summed E-state index contributed by atoms with van der Waals surface area (Å²) in [5.41, 5.74) is 2.10. The highest BCUT2D eigenvalue weighted by molar-refractivity contribution is 7.17. The zero-order chi connectivity index (χ0) is 24.9. The van der Waals surface area contributed by atoms with Crippen molar-refractivity contribution in [2.75, 3.05) is 12.4 Å². The predicted octanol–water partition coefficient (Wildman–Crippen LogP) is 4.38. The number of non-ortho nitro benzene ring substituents is 1. The molecule has 2 aliphatic rings. The number of rotatable bonds is 7. The van der Waals surface area contributed by atoms with Crippen LogP contribution in [0, 0.1) is 22.0 Å². The fraction of sp³-hybridized carbons (Fsp3) is 0.480. The molecule has 186 valence electrons. The number of nitro groups is 1. The molecule has 35 heavy (non-hydrogen) atoms. The molecule has 0 radical (unpaired) electrons. The number of nitrogens with one attached hydrogen (secondary N) is 2. The Hall–Kier alpha value is -3.27. The second kappa shape index (κ2) is 11.0. The highest BCUT2D eigenvalue weighted by atomic mass is 32.1. The van der Waals surface area contributed by atoms with Crippen LogP contribution in [0.15, 0.2) is 24.3 Å². The molecule has 1 aromatic heterocycles. The number of ether oxygens (including phenoxy) is 1. The first-order valence-corrected chi connectivity index (χ1v) is 12.7. The molecule has 2 amide bonds. The lowest BCUT2D eigenvalue weighted by atomic mass is 9.81. The fourth-order valence-electron chi connectivity index (χ4n) is 4.92. The molecule has 2 aliphatic carbocycles. The van der Waals surface area contributed by atoms with E-state index in [9.17, 15) is 24.5 Å². The molecule has 2 N–H and O–H groups in total. The molecule has 1 aromatic carbocycles. The maximum atomic E-state index is 13.3. The van der Waals surface area contributed by atoms with Gasteiger partial charge < -0.3 is 15.4 Å². The number of hydrogen-bond acceptors (Lipinski definition) is 7. The van der Waals surface area contributed by atoms with Gasteiger partial charge in [-0.2, -0.15) is 0 Å². The van der Waals surface area contributed by atoms with Crippen LogP contribution < -0.4 is 10.6 Å². The van der Waals surface area contributed by atoms with E-state index in [-0.39, 0.29) is 41.9 Å². The van der Waals surface area contributed by atoms with Crippen LogP contribution in [0.4, 0.5) is 10.7 Å². The molecule has 9 nitrogen and oxygen atoms in total. The number of nitrogens with zero attached hydrogens (tertiary/aromatic N) is 1. The first kappa shape index (κ1) is 24.8. The monoisotopic (exact) mass is 499 g/mol. The molecule has 0 atom stereocenters. The van der Waals surface area contributed by atoms with E-state index in [1.165, 1.54) is 30.6 Å². The zero-order valence-corrected chi connectivity index (χ0v) is 20.4. The zero-order valence-electron chi connectivity index (χ0n) is 19.6. The molecule has 1 fully saturated rings. The van der Waals surface area contributed by atoms with Gasteiger partial charge in [0.05, 0.1) is 23.5 Å². The number of benzene rings is 1. The SMILES string of the molecule is COC(=O)C1CCC(C(=O)Nc2sc3c(c2C(=O)NCc2cccc([N+](=O)[O-])c2)CCCC3)CC1. The minimum Gasteiger partial charge on any atom is -0.469 e. The number of nitro benzene ring substituents is 1. The number of methoxy groups -OCH3 is 1. The van der Waals surface area contributed by atoms with Crippen LogP contribution in [0.25, 0.3) is 0 Å². The summed E-state index contributed by atoms with van der Waals surface area (Å²) in [6.45, 7) is 0.149. The van der Waals surface area contributed by atoms with Gasteiger partial charge in [-0.25, -0.2) is 0 Å². The van der Waals surface area contributed by atoms with Gasteiger partial charge in [-0.15, -0.1) is 11.3 Å². The van der Waals surface area contributed by atoms with Gasteiger partial charge in [0.15, 0.2) is 0 Å². The van der Waals surface area contributed by atoms with Crippen molar-refractivity contribution in [3.8, 4) is 0 Å². The smallest absolute Gasteiger partial charge is 0.308 e. The quantitative estimate of drug-likeness (QED) is 0.331. The Labute approximate surface area is 207 Å². The van der Waals surface area contributed by atoms with E-state index >= 15 is 0 Å². The van der Waals surface area contributed by atoms with Crippen LogP contribution in [0.2, 0.25) is 0 Å². The maximum absolute atomic E-state index is 13.3. The molecule has 0 saturated heterocycles. The topological polar surface area (TPSA) is 128 Å². The average molecular weight is 500 g/mol. The first-order chi connectivity index (χ1) is 16.9. The fourth-order valence-corrected chi connectivity index (χ4v) is 6.21. The molecule has 4 rings (SSSR count). The summed E-state index contributed by atoms with van der Waals surface area (Å²) in [7, 11) is 1.38. The highest BCUT2D eigenvalue weighted by Gasteiger charge is 2.32. The Morgan fingerprint density at radius 1 is 1.11 bits per heavy atom.